The van der Waals surface area contributed by atoms with Crippen molar-refractivity contribution in [2.75, 3.05) is 12.3 Å². The number of hydrogen-bond donors (Lipinski definition) is 3. The highest BCUT2D eigenvalue weighted by molar-refractivity contribution is 7.80. The fraction of sp³-hybridized carbons (Fsp3) is 0.857. The van der Waals surface area contributed by atoms with Gasteiger partial charge in [-0.05, 0) is 25.3 Å². The molecule has 0 aromatic rings. The SMILES string of the molecule is O=C(O)[C@H](CS)NCC1CC1. The van der Waals surface area contributed by atoms with Gasteiger partial charge in [0.15, 0.2) is 0 Å². The Hall–Kier alpha value is -0.220. The van der Waals surface area contributed by atoms with Gasteiger partial charge in [-0.3, -0.25) is 4.79 Å². The monoisotopic (exact) mass is 175 g/mol. The van der Waals surface area contributed by atoms with E-state index in [0.717, 1.165) is 12.5 Å². The first-order chi connectivity index (χ1) is 5.24. The molecule has 0 saturated heterocycles. The van der Waals surface area contributed by atoms with Crippen molar-refractivity contribution in [2.45, 2.75) is 18.9 Å². The van der Waals surface area contributed by atoms with Gasteiger partial charge in [0.05, 0.1) is 0 Å². The fourth-order valence-corrected chi connectivity index (χ4v) is 1.15. The van der Waals surface area contributed by atoms with Gasteiger partial charge in [0.1, 0.15) is 6.04 Å². The first-order valence-corrected chi connectivity index (χ1v) is 4.44. The van der Waals surface area contributed by atoms with Crippen LogP contribution in [0.5, 0.6) is 0 Å². The maximum Gasteiger partial charge on any atom is 0.321 e. The Kier molecular flexibility index (Phi) is 3.20. The summed E-state index contributed by atoms with van der Waals surface area (Å²) in [5.74, 6) is 0.277. The molecule has 1 aliphatic carbocycles. The van der Waals surface area contributed by atoms with Crippen molar-refractivity contribution in [3.05, 3.63) is 0 Å². The number of nitrogens with one attached hydrogen (secondary N) is 1. The van der Waals surface area contributed by atoms with Gasteiger partial charge < -0.3 is 10.4 Å². The summed E-state index contributed by atoms with van der Waals surface area (Å²) >= 11 is 3.93. The van der Waals surface area contributed by atoms with Gasteiger partial charge in [0.2, 0.25) is 0 Å². The lowest BCUT2D eigenvalue weighted by molar-refractivity contribution is -0.138. The maximum absolute atomic E-state index is 10.5. The predicted molar refractivity (Wildman–Crippen MR) is 46.0 cm³/mol. The predicted octanol–water partition coefficient (Wildman–Crippen LogP) is 0.369. The third kappa shape index (κ3) is 3.12. The largest absolute Gasteiger partial charge is 0.480 e. The van der Waals surface area contributed by atoms with Gasteiger partial charge >= 0.3 is 5.97 Å². The van der Waals surface area contributed by atoms with E-state index in [4.69, 9.17) is 5.11 Å². The molecule has 1 fully saturated rings. The maximum atomic E-state index is 10.5. The van der Waals surface area contributed by atoms with Crippen LogP contribution in [0.2, 0.25) is 0 Å². The summed E-state index contributed by atoms with van der Waals surface area (Å²) in [6.45, 7) is 0.831. The van der Waals surface area contributed by atoms with Gasteiger partial charge in [0, 0.05) is 5.75 Å². The second kappa shape index (κ2) is 3.97. The minimum Gasteiger partial charge on any atom is -0.480 e. The van der Waals surface area contributed by atoms with Gasteiger partial charge in [-0.25, -0.2) is 0 Å². The standard InChI is InChI=1S/C7H13NO2S/c9-7(10)6(4-11)8-3-5-1-2-5/h5-6,8,11H,1-4H2,(H,9,10)/t6-/m0/s1. The Bertz CT molecular complexity index is 147. The van der Waals surface area contributed by atoms with Gasteiger partial charge in [0.25, 0.3) is 0 Å². The zero-order chi connectivity index (χ0) is 8.27. The summed E-state index contributed by atoms with van der Waals surface area (Å²) in [6, 6.07) is -0.473. The average Bonchev–Trinajstić information content (AvgIpc) is 2.72. The topological polar surface area (TPSA) is 49.3 Å². The van der Waals surface area contributed by atoms with E-state index in [9.17, 15) is 4.79 Å². The third-order valence-corrected chi connectivity index (χ3v) is 2.20. The minimum absolute atomic E-state index is 0.363. The molecule has 0 aromatic heterocycles. The molecular weight excluding hydrogens is 162 g/mol. The fourth-order valence-electron chi connectivity index (χ4n) is 0.861. The summed E-state index contributed by atoms with van der Waals surface area (Å²) in [4.78, 5) is 10.5. The summed E-state index contributed by atoms with van der Waals surface area (Å²) in [5, 5.41) is 11.6. The van der Waals surface area contributed by atoms with Crippen LogP contribution in [0.4, 0.5) is 0 Å². The van der Waals surface area contributed by atoms with E-state index < -0.39 is 12.0 Å². The lowest BCUT2D eigenvalue weighted by Crippen LogP contribution is -2.39. The molecule has 11 heavy (non-hydrogen) atoms. The molecule has 0 heterocycles. The van der Waals surface area contributed by atoms with Crippen LogP contribution in [-0.4, -0.2) is 29.4 Å². The molecule has 1 aliphatic rings. The molecule has 64 valence electrons. The number of aliphatic carboxylic acids is 1. The van der Waals surface area contributed by atoms with Gasteiger partial charge in [-0.1, -0.05) is 0 Å². The van der Waals surface area contributed by atoms with Crippen molar-refractivity contribution in [1.82, 2.24) is 5.32 Å². The van der Waals surface area contributed by atoms with E-state index in [2.05, 4.69) is 17.9 Å². The summed E-state index contributed by atoms with van der Waals surface area (Å²) < 4.78 is 0. The quantitative estimate of drug-likeness (QED) is 0.529. The van der Waals surface area contributed by atoms with Gasteiger partial charge in [-0.15, -0.1) is 0 Å². The van der Waals surface area contributed by atoms with Crippen molar-refractivity contribution in [3.8, 4) is 0 Å². The van der Waals surface area contributed by atoms with Crippen LogP contribution in [-0.2, 0) is 4.79 Å². The second-order valence-electron chi connectivity index (χ2n) is 2.93. The lowest BCUT2D eigenvalue weighted by atomic mass is 10.3. The first-order valence-electron chi connectivity index (χ1n) is 3.81. The van der Waals surface area contributed by atoms with E-state index in [1.165, 1.54) is 12.8 Å². The lowest BCUT2D eigenvalue weighted by Gasteiger charge is -2.10. The van der Waals surface area contributed by atoms with Crippen LogP contribution >= 0.6 is 12.6 Å². The molecule has 0 aromatic carbocycles. The number of carboxylic acid groups (broad SMARTS) is 1. The Morgan fingerprint density at radius 2 is 2.36 bits per heavy atom. The Morgan fingerprint density at radius 3 is 2.73 bits per heavy atom. The molecular formula is C7H13NO2S. The summed E-state index contributed by atoms with van der Waals surface area (Å²) in [5.41, 5.74) is 0. The van der Waals surface area contributed by atoms with Gasteiger partial charge in [-0.2, -0.15) is 12.6 Å². The number of carbonyl (C=O) groups is 1. The van der Waals surface area contributed by atoms with Crippen molar-refractivity contribution in [2.24, 2.45) is 5.92 Å². The number of thiol groups is 1. The third-order valence-electron chi connectivity index (χ3n) is 1.83. The first kappa shape index (κ1) is 8.87. The average molecular weight is 175 g/mol. The minimum atomic E-state index is -0.805. The van der Waals surface area contributed by atoms with Crippen LogP contribution < -0.4 is 5.32 Å². The molecule has 0 bridgehead atoms. The molecule has 0 radical (unpaired) electrons. The molecule has 1 saturated carbocycles. The smallest absolute Gasteiger partial charge is 0.321 e. The second-order valence-corrected chi connectivity index (χ2v) is 3.29. The molecule has 2 N–H and O–H groups in total. The van der Waals surface area contributed by atoms with Crippen molar-refractivity contribution in [3.63, 3.8) is 0 Å². The van der Waals surface area contributed by atoms with Crippen molar-refractivity contribution in [1.29, 1.82) is 0 Å². The van der Waals surface area contributed by atoms with Crippen LogP contribution in [0.3, 0.4) is 0 Å². The van der Waals surface area contributed by atoms with E-state index in [0.29, 0.717) is 5.75 Å². The zero-order valence-electron chi connectivity index (χ0n) is 6.29. The Balaban J connectivity index is 2.13. The molecule has 0 amide bonds. The molecule has 0 aliphatic heterocycles. The van der Waals surface area contributed by atoms with Crippen LogP contribution in [0.1, 0.15) is 12.8 Å². The Labute approximate surface area is 71.6 Å². The normalized spacial score (nSPS) is 19.7. The van der Waals surface area contributed by atoms with E-state index in [-0.39, 0.29) is 0 Å². The zero-order valence-corrected chi connectivity index (χ0v) is 7.18. The van der Waals surface area contributed by atoms with Crippen molar-refractivity contribution < 1.29 is 9.90 Å². The number of carboxylic acids is 1. The molecule has 0 unspecified atom stereocenters. The number of hydrogen-bond acceptors (Lipinski definition) is 3. The Morgan fingerprint density at radius 1 is 1.73 bits per heavy atom. The highest BCUT2D eigenvalue weighted by Crippen LogP contribution is 2.27. The molecule has 3 nitrogen and oxygen atoms in total. The van der Waals surface area contributed by atoms with Crippen molar-refractivity contribution >= 4 is 18.6 Å². The van der Waals surface area contributed by atoms with E-state index >= 15 is 0 Å². The highest BCUT2D eigenvalue weighted by Gasteiger charge is 2.23. The number of rotatable bonds is 5. The van der Waals surface area contributed by atoms with E-state index in [1.54, 1.807) is 0 Å². The van der Waals surface area contributed by atoms with Crippen LogP contribution in [0, 0.1) is 5.92 Å². The molecule has 0 spiro atoms. The summed E-state index contributed by atoms with van der Waals surface area (Å²) in [7, 11) is 0. The molecule has 1 rings (SSSR count). The highest BCUT2D eigenvalue weighted by atomic mass is 32.1. The van der Waals surface area contributed by atoms with Crippen LogP contribution in [0.15, 0.2) is 0 Å². The molecule has 1 atom stereocenters. The van der Waals surface area contributed by atoms with Crippen LogP contribution in [0.25, 0.3) is 0 Å². The molecule has 4 heteroatoms. The van der Waals surface area contributed by atoms with E-state index in [1.807, 2.05) is 0 Å². The summed E-state index contributed by atoms with van der Waals surface area (Å²) in [6.07, 6.45) is 2.48.